The fourth-order valence-electron chi connectivity index (χ4n) is 3.30. The Balaban J connectivity index is 1.56. The molecule has 0 unspecified atom stereocenters. The second-order valence-electron chi connectivity index (χ2n) is 6.98. The first-order chi connectivity index (χ1) is 11.5. The Kier molecular flexibility index (Phi) is 4.76. The smallest absolute Gasteiger partial charge is 0.315 e. The van der Waals surface area contributed by atoms with Crippen LogP contribution in [0.5, 0.6) is 0 Å². The number of amides is 2. The first kappa shape index (κ1) is 16.8. The largest absolute Gasteiger partial charge is 0.388 e. The van der Waals surface area contributed by atoms with Gasteiger partial charge in [0, 0.05) is 6.54 Å². The van der Waals surface area contributed by atoms with Crippen LogP contribution < -0.4 is 10.6 Å². The SMILES string of the molecule is Cc1ccc2nc([C@@H](C)NC(=O)NCC3(O)CCCCC3)[nH]c2c1. The highest BCUT2D eigenvalue weighted by atomic mass is 16.3. The van der Waals surface area contributed by atoms with Crippen molar-refractivity contribution in [2.45, 2.75) is 57.6 Å². The Morgan fingerprint density at radius 1 is 1.38 bits per heavy atom. The number of imidazole rings is 1. The van der Waals surface area contributed by atoms with E-state index in [1.807, 2.05) is 32.0 Å². The molecule has 1 aromatic carbocycles. The average Bonchev–Trinajstić information content (AvgIpc) is 2.97. The third-order valence-electron chi connectivity index (χ3n) is 4.78. The summed E-state index contributed by atoms with van der Waals surface area (Å²) in [4.78, 5) is 19.9. The molecule has 24 heavy (non-hydrogen) atoms. The number of benzene rings is 1. The minimum absolute atomic E-state index is 0.237. The summed E-state index contributed by atoms with van der Waals surface area (Å²) >= 11 is 0. The number of nitrogens with one attached hydrogen (secondary N) is 3. The first-order valence-corrected chi connectivity index (χ1v) is 8.68. The molecule has 6 nitrogen and oxygen atoms in total. The molecule has 1 fully saturated rings. The summed E-state index contributed by atoms with van der Waals surface area (Å²) in [6.07, 6.45) is 4.72. The van der Waals surface area contributed by atoms with Gasteiger partial charge in [-0.2, -0.15) is 0 Å². The van der Waals surface area contributed by atoms with E-state index in [0.717, 1.165) is 54.5 Å². The third-order valence-corrected chi connectivity index (χ3v) is 4.78. The Hall–Kier alpha value is -2.08. The van der Waals surface area contributed by atoms with E-state index in [-0.39, 0.29) is 12.1 Å². The van der Waals surface area contributed by atoms with Gasteiger partial charge in [0.1, 0.15) is 5.82 Å². The monoisotopic (exact) mass is 330 g/mol. The first-order valence-electron chi connectivity index (χ1n) is 8.68. The second-order valence-corrected chi connectivity index (χ2v) is 6.98. The van der Waals surface area contributed by atoms with Gasteiger partial charge < -0.3 is 20.7 Å². The number of urea groups is 1. The summed E-state index contributed by atoms with van der Waals surface area (Å²) in [5.41, 5.74) is 2.27. The van der Waals surface area contributed by atoms with E-state index in [1.54, 1.807) is 0 Å². The molecular weight excluding hydrogens is 304 g/mol. The number of aromatic amines is 1. The van der Waals surface area contributed by atoms with Crippen molar-refractivity contribution in [3.63, 3.8) is 0 Å². The zero-order chi connectivity index (χ0) is 17.2. The molecule has 1 aliphatic rings. The highest BCUT2D eigenvalue weighted by Crippen LogP contribution is 2.27. The highest BCUT2D eigenvalue weighted by Gasteiger charge is 2.29. The van der Waals surface area contributed by atoms with Crippen molar-refractivity contribution >= 4 is 17.1 Å². The molecule has 1 aliphatic carbocycles. The highest BCUT2D eigenvalue weighted by molar-refractivity contribution is 5.77. The van der Waals surface area contributed by atoms with Gasteiger partial charge in [0.25, 0.3) is 0 Å². The lowest BCUT2D eigenvalue weighted by Gasteiger charge is -2.32. The average molecular weight is 330 g/mol. The van der Waals surface area contributed by atoms with Gasteiger partial charge >= 0.3 is 6.03 Å². The molecule has 130 valence electrons. The zero-order valence-corrected chi connectivity index (χ0v) is 14.4. The Morgan fingerprint density at radius 3 is 2.88 bits per heavy atom. The molecule has 4 N–H and O–H groups in total. The zero-order valence-electron chi connectivity index (χ0n) is 14.4. The normalized spacial score (nSPS) is 18.3. The molecule has 2 amide bonds. The number of nitrogens with zero attached hydrogens (tertiary/aromatic N) is 1. The summed E-state index contributed by atoms with van der Waals surface area (Å²) in [5, 5.41) is 16.1. The van der Waals surface area contributed by atoms with E-state index in [2.05, 4.69) is 20.6 Å². The molecule has 0 aliphatic heterocycles. The summed E-state index contributed by atoms with van der Waals surface area (Å²) in [7, 11) is 0. The van der Waals surface area contributed by atoms with Crippen LogP contribution in [-0.2, 0) is 0 Å². The van der Waals surface area contributed by atoms with Crippen LogP contribution >= 0.6 is 0 Å². The molecular formula is C18H26N4O2. The molecule has 0 bridgehead atoms. The molecule has 1 heterocycles. The number of rotatable bonds is 4. The van der Waals surface area contributed by atoms with Gasteiger partial charge in [-0.25, -0.2) is 9.78 Å². The lowest BCUT2D eigenvalue weighted by Crippen LogP contribution is -2.47. The van der Waals surface area contributed by atoms with Gasteiger partial charge in [-0.05, 0) is 44.4 Å². The van der Waals surface area contributed by atoms with Crippen molar-refractivity contribution in [2.75, 3.05) is 6.54 Å². The number of aromatic nitrogens is 2. The Morgan fingerprint density at radius 2 is 2.12 bits per heavy atom. The van der Waals surface area contributed by atoms with Crippen LogP contribution in [0.3, 0.4) is 0 Å². The fraction of sp³-hybridized carbons (Fsp3) is 0.556. The quantitative estimate of drug-likeness (QED) is 0.695. The van der Waals surface area contributed by atoms with Crippen molar-refractivity contribution in [1.29, 1.82) is 0 Å². The molecule has 1 saturated carbocycles. The van der Waals surface area contributed by atoms with Gasteiger partial charge in [0.2, 0.25) is 0 Å². The summed E-state index contributed by atoms with van der Waals surface area (Å²) in [6, 6.07) is 5.51. The van der Waals surface area contributed by atoms with E-state index in [1.165, 1.54) is 0 Å². The number of hydrogen-bond acceptors (Lipinski definition) is 3. The second kappa shape index (κ2) is 6.81. The molecule has 0 spiro atoms. The number of carbonyl (C=O) groups excluding carboxylic acids is 1. The van der Waals surface area contributed by atoms with Crippen molar-refractivity contribution in [1.82, 2.24) is 20.6 Å². The third kappa shape index (κ3) is 3.87. The van der Waals surface area contributed by atoms with Crippen LogP contribution in [0.4, 0.5) is 4.79 Å². The molecule has 3 rings (SSSR count). The molecule has 2 aromatic rings. The van der Waals surface area contributed by atoms with Gasteiger partial charge in [-0.15, -0.1) is 0 Å². The lowest BCUT2D eigenvalue weighted by molar-refractivity contribution is 0.00713. The van der Waals surface area contributed by atoms with E-state index >= 15 is 0 Å². The van der Waals surface area contributed by atoms with Gasteiger partial charge in [0.15, 0.2) is 0 Å². The van der Waals surface area contributed by atoms with Crippen molar-refractivity contribution in [3.8, 4) is 0 Å². The van der Waals surface area contributed by atoms with Crippen LogP contribution in [0.1, 0.15) is 56.5 Å². The van der Waals surface area contributed by atoms with Crippen molar-refractivity contribution < 1.29 is 9.90 Å². The number of aryl methyl sites for hydroxylation is 1. The standard InChI is InChI=1S/C18H26N4O2/c1-12-6-7-14-15(10-12)22-16(21-14)13(2)20-17(23)19-11-18(24)8-4-3-5-9-18/h6-7,10,13,24H,3-5,8-9,11H2,1-2H3,(H,21,22)(H2,19,20,23)/t13-/m1/s1. The van der Waals surface area contributed by atoms with Crippen molar-refractivity contribution in [2.24, 2.45) is 0 Å². The van der Waals surface area contributed by atoms with Gasteiger partial charge in [0.05, 0.1) is 22.7 Å². The maximum absolute atomic E-state index is 12.1. The van der Waals surface area contributed by atoms with Crippen LogP contribution in [0.2, 0.25) is 0 Å². The predicted octanol–water partition coefficient (Wildman–Crippen LogP) is 2.93. The minimum atomic E-state index is -0.754. The van der Waals surface area contributed by atoms with E-state index < -0.39 is 5.60 Å². The summed E-state index contributed by atoms with van der Waals surface area (Å²) < 4.78 is 0. The Labute approximate surface area is 142 Å². The maximum atomic E-state index is 12.1. The van der Waals surface area contributed by atoms with Crippen molar-refractivity contribution in [3.05, 3.63) is 29.6 Å². The summed E-state index contributed by atoms with van der Waals surface area (Å²) in [6.45, 7) is 4.22. The van der Waals surface area contributed by atoms with E-state index in [9.17, 15) is 9.90 Å². The molecule has 6 heteroatoms. The van der Waals surface area contributed by atoms with Crippen LogP contribution in [0.15, 0.2) is 18.2 Å². The van der Waals surface area contributed by atoms with Crippen LogP contribution in [-0.4, -0.2) is 33.3 Å². The van der Waals surface area contributed by atoms with Gasteiger partial charge in [-0.1, -0.05) is 25.3 Å². The fourth-order valence-corrected chi connectivity index (χ4v) is 3.30. The number of hydrogen-bond donors (Lipinski definition) is 4. The van der Waals surface area contributed by atoms with Crippen LogP contribution in [0, 0.1) is 6.92 Å². The lowest BCUT2D eigenvalue weighted by atomic mass is 9.85. The number of fused-ring (bicyclic) bond motifs is 1. The molecule has 0 radical (unpaired) electrons. The predicted molar refractivity (Wildman–Crippen MR) is 93.8 cm³/mol. The Bertz CT molecular complexity index is 719. The minimum Gasteiger partial charge on any atom is -0.388 e. The molecule has 0 saturated heterocycles. The topological polar surface area (TPSA) is 90.0 Å². The van der Waals surface area contributed by atoms with E-state index in [0.29, 0.717) is 6.54 Å². The maximum Gasteiger partial charge on any atom is 0.315 e. The number of H-pyrrole nitrogens is 1. The molecule has 1 aromatic heterocycles. The van der Waals surface area contributed by atoms with Gasteiger partial charge in [-0.3, -0.25) is 0 Å². The summed E-state index contributed by atoms with van der Waals surface area (Å²) in [5.74, 6) is 0.724. The van der Waals surface area contributed by atoms with E-state index in [4.69, 9.17) is 0 Å². The molecule has 1 atom stereocenters. The number of aliphatic hydroxyl groups is 1. The van der Waals surface area contributed by atoms with Crippen LogP contribution in [0.25, 0.3) is 11.0 Å². The number of carbonyl (C=O) groups is 1.